The lowest BCUT2D eigenvalue weighted by atomic mass is 9.69. The van der Waals surface area contributed by atoms with E-state index in [-0.39, 0.29) is 5.41 Å². The highest BCUT2D eigenvalue weighted by molar-refractivity contribution is 6.35. The molecule has 96 valence electrons. The second-order valence-electron chi connectivity index (χ2n) is 5.41. The van der Waals surface area contributed by atoms with Crippen LogP contribution in [0.4, 0.5) is 0 Å². The predicted molar refractivity (Wildman–Crippen MR) is 77.1 cm³/mol. The predicted octanol–water partition coefficient (Wildman–Crippen LogP) is 3.98. The average Bonchev–Trinajstić information content (AvgIpc) is 2.81. The molecule has 3 rings (SSSR count). The Labute approximate surface area is 113 Å². The fraction of sp³-hybridized carbons (Fsp3) is 0.467. The minimum absolute atomic E-state index is 0.145. The summed E-state index contributed by atoms with van der Waals surface area (Å²) >= 11 is 6.21. The number of H-pyrrole nitrogens is 1. The van der Waals surface area contributed by atoms with Gasteiger partial charge in [0.05, 0.1) is 10.5 Å². The summed E-state index contributed by atoms with van der Waals surface area (Å²) in [5, 5.41) is 1.92. The number of fused-ring (bicyclic) bond motifs is 1. The molecule has 3 heteroatoms. The van der Waals surface area contributed by atoms with Crippen molar-refractivity contribution in [2.24, 2.45) is 5.73 Å². The highest BCUT2D eigenvalue weighted by Gasteiger charge is 2.34. The molecule has 18 heavy (non-hydrogen) atoms. The minimum Gasteiger partial charge on any atom is -0.359 e. The highest BCUT2D eigenvalue weighted by atomic mass is 35.5. The van der Waals surface area contributed by atoms with Crippen LogP contribution in [0.3, 0.4) is 0 Å². The van der Waals surface area contributed by atoms with Crippen LogP contribution >= 0.6 is 11.6 Å². The molecule has 0 atom stereocenters. The first-order chi connectivity index (χ1) is 8.77. The number of benzene rings is 1. The van der Waals surface area contributed by atoms with E-state index in [2.05, 4.69) is 23.2 Å². The molecule has 1 heterocycles. The average molecular weight is 263 g/mol. The topological polar surface area (TPSA) is 41.8 Å². The Hall–Kier alpha value is -0.990. The molecular formula is C15H19ClN2. The monoisotopic (exact) mass is 262 g/mol. The van der Waals surface area contributed by atoms with Crippen LogP contribution in [0.15, 0.2) is 24.4 Å². The smallest absolute Gasteiger partial charge is 0.0659 e. The molecule has 0 radical (unpaired) electrons. The molecule has 0 unspecified atom stereocenters. The molecule has 1 saturated carbocycles. The number of aromatic amines is 1. The fourth-order valence-electron chi connectivity index (χ4n) is 3.37. The zero-order chi connectivity index (χ0) is 12.6. The maximum Gasteiger partial charge on any atom is 0.0659 e. The third kappa shape index (κ3) is 1.75. The van der Waals surface area contributed by atoms with Crippen molar-refractivity contribution in [3.63, 3.8) is 0 Å². The van der Waals surface area contributed by atoms with Crippen LogP contribution in [0.1, 0.15) is 37.7 Å². The van der Waals surface area contributed by atoms with Crippen LogP contribution in [0.25, 0.3) is 10.9 Å². The van der Waals surface area contributed by atoms with Gasteiger partial charge in [-0.15, -0.1) is 0 Å². The van der Waals surface area contributed by atoms with Crippen LogP contribution in [-0.4, -0.2) is 11.5 Å². The van der Waals surface area contributed by atoms with E-state index in [1.165, 1.54) is 43.2 Å². The zero-order valence-corrected chi connectivity index (χ0v) is 11.3. The Morgan fingerprint density at radius 3 is 2.72 bits per heavy atom. The first-order valence-corrected chi connectivity index (χ1v) is 7.11. The fourth-order valence-corrected chi connectivity index (χ4v) is 3.59. The van der Waals surface area contributed by atoms with Gasteiger partial charge in [0, 0.05) is 23.5 Å². The van der Waals surface area contributed by atoms with Gasteiger partial charge in [-0.05, 0) is 18.4 Å². The largest absolute Gasteiger partial charge is 0.359 e. The number of rotatable bonds is 2. The molecule has 0 spiro atoms. The van der Waals surface area contributed by atoms with Crippen molar-refractivity contribution >= 4 is 22.5 Å². The molecule has 0 amide bonds. The molecule has 0 aliphatic heterocycles. The Morgan fingerprint density at radius 2 is 2.00 bits per heavy atom. The lowest BCUT2D eigenvalue weighted by Gasteiger charge is -2.37. The third-order valence-electron chi connectivity index (χ3n) is 4.44. The normalized spacial score (nSPS) is 19.2. The summed E-state index contributed by atoms with van der Waals surface area (Å²) in [5.74, 6) is 0. The van der Waals surface area contributed by atoms with E-state index in [0.717, 1.165) is 17.0 Å². The summed E-state index contributed by atoms with van der Waals surface area (Å²) in [6.45, 7) is 0.725. The lowest BCUT2D eigenvalue weighted by molar-refractivity contribution is 0.302. The molecule has 0 bridgehead atoms. The summed E-state index contributed by atoms with van der Waals surface area (Å²) in [6.07, 6.45) is 8.16. The number of hydrogen-bond acceptors (Lipinski definition) is 1. The van der Waals surface area contributed by atoms with Crippen LogP contribution in [0.5, 0.6) is 0 Å². The van der Waals surface area contributed by atoms with Crippen molar-refractivity contribution in [1.82, 2.24) is 4.98 Å². The van der Waals surface area contributed by atoms with E-state index in [1.54, 1.807) is 0 Å². The molecule has 0 saturated heterocycles. The van der Waals surface area contributed by atoms with Crippen molar-refractivity contribution in [3.8, 4) is 0 Å². The zero-order valence-electron chi connectivity index (χ0n) is 10.5. The van der Waals surface area contributed by atoms with E-state index in [0.29, 0.717) is 0 Å². The number of para-hydroxylation sites is 1. The van der Waals surface area contributed by atoms with Crippen molar-refractivity contribution in [2.75, 3.05) is 6.54 Å². The first kappa shape index (κ1) is 12.1. The molecule has 3 N–H and O–H groups in total. The van der Waals surface area contributed by atoms with E-state index in [9.17, 15) is 0 Å². The Morgan fingerprint density at radius 1 is 1.22 bits per heavy atom. The maximum absolute atomic E-state index is 6.21. The Kier molecular flexibility index (Phi) is 3.08. The van der Waals surface area contributed by atoms with Gasteiger partial charge >= 0.3 is 0 Å². The molecular weight excluding hydrogens is 244 g/mol. The summed E-state index contributed by atoms with van der Waals surface area (Å²) in [7, 11) is 0. The van der Waals surface area contributed by atoms with E-state index < -0.39 is 0 Å². The molecule has 1 aliphatic rings. The van der Waals surface area contributed by atoms with Gasteiger partial charge in [0.1, 0.15) is 0 Å². The Bertz CT molecular complexity index is 553. The van der Waals surface area contributed by atoms with Gasteiger partial charge in [-0.2, -0.15) is 0 Å². The highest BCUT2D eigenvalue weighted by Crippen LogP contribution is 2.42. The van der Waals surface area contributed by atoms with Gasteiger partial charge < -0.3 is 10.7 Å². The van der Waals surface area contributed by atoms with Gasteiger partial charge in [-0.1, -0.05) is 49.1 Å². The van der Waals surface area contributed by atoms with Gasteiger partial charge in [0.15, 0.2) is 0 Å². The number of aromatic nitrogens is 1. The van der Waals surface area contributed by atoms with E-state index >= 15 is 0 Å². The minimum atomic E-state index is 0.145. The van der Waals surface area contributed by atoms with Crippen LogP contribution in [-0.2, 0) is 5.41 Å². The van der Waals surface area contributed by atoms with Crippen molar-refractivity contribution < 1.29 is 0 Å². The van der Waals surface area contributed by atoms with Crippen molar-refractivity contribution in [3.05, 3.63) is 35.0 Å². The number of nitrogens with two attached hydrogens (primary N) is 1. The van der Waals surface area contributed by atoms with Crippen LogP contribution in [0.2, 0.25) is 5.02 Å². The van der Waals surface area contributed by atoms with Gasteiger partial charge in [-0.25, -0.2) is 0 Å². The SMILES string of the molecule is NCC1(c2cccc3c(Cl)c[nH]c23)CCCCC1. The Balaban J connectivity index is 2.17. The number of nitrogens with one attached hydrogen (secondary N) is 1. The molecule has 1 aromatic heterocycles. The number of hydrogen-bond donors (Lipinski definition) is 2. The summed E-state index contributed by atoms with van der Waals surface area (Å²) in [6, 6.07) is 6.39. The number of halogens is 1. The molecule has 1 fully saturated rings. The summed E-state index contributed by atoms with van der Waals surface area (Å²) < 4.78 is 0. The van der Waals surface area contributed by atoms with E-state index in [1.807, 2.05) is 6.20 Å². The van der Waals surface area contributed by atoms with Crippen LogP contribution in [0, 0.1) is 0 Å². The molecule has 1 aliphatic carbocycles. The summed E-state index contributed by atoms with van der Waals surface area (Å²) in [5.41, 5.74) is 8.80. The lowest BCUT2D eigenvalue weighted by Crippen LogP contribution is -2.37. The van der Waals surface area contributed by atoms with E-state index in [4.69, 9.17) is 17.3 Å². The second kappa shape index (κ2) is 4.60. The van der Waals surface area contributed by atoms with Gasteiger partial charge in [0.2, 0.25) is 0 Å². The van der Waals surface area contributed by atoms with Gasteiger partial charge in [-0.3, -0.25) is 0 Å². The standard InChI is InChI=1S/C15H19ClN2/c16-13-9-18-14-11(13)5-4-6-12(14)15(10-17)7-2-1-3-8-15/h4-6,9,18H,1-3,7-8,10,17H2. The van der Waals surface area contributed by atoms with Crippen molar-refractivity contribution in [1.29, 1.82) is 0 Å². The molecule has 2 aromatic rings. The maximum atomic E-state index is 6.21. The summed E-state index contributed by atoms with van der Waals surface area (Å²) in [4.78, 5) is 3.33. The first-order valence-electron chi connectivity index (χ1n) is 6.73. The third-order valence-corrected chi connectivity index (χ3v) is 4.75. The van der Waals surface area contributed by atoms with Crippen LogP contribution < -0.4 is 5.73 Å². The van der Waals surface area contributed by atoms with Crippen molar-refractivity contribution in [2.45, 2.75) is 37.5 Å². The quantitative estimate of drug-likeness (QED) is 0.845. The van der Waals surface area contributed by atoms with Gasteiger partial charge in [0.25, 0.3) is 0 Å². The molecule has 1 aromatic carbocycles. The molecule has 2 nitrogen and oxygen atoms in total. The second-order valence-corrected chi connectivity index (χ2v) is 5.82.